The predicted molar refractivity (Wildman–Crippen MR) is 70.7 cm³/mol. The molecule has 1 aromatic heterocycles. The molecule has 0 saturated carbocycles. The van der Waals surface area contributed by atoms with Crippen molar-refractivity contribution >= 4 is 5.82 Å². The second kappa shape index (κ2) is 5.02. The van der Waals surface area contributed by atoms with Crippen molar-refractivity contribution in [1.82, 2.24) is 9.97 Å². The number of nitriles is 1. The van der Waals surface area contributed by atoms with Gasteiger partial charge in [0.1, 0.15) is 17.5 Å². The minimum absolute atomic E-state index is 0.254. The van der Waals surface area contributed by atoms with E-state index >= 15 is 0 Å². The summed E-state index contributed by atoms with van der Waals surface area (Å²) in [6, 6.07) is 6.05. The number of nitrogens with two attached hydrogens (primary N) is 1. The minimum Gasteiger partial charge on any atom is -0.383 e. The van der Waals surface area contributed by atoms with E-state index in [1.807, 2.05) is 13.0 Å². The van der Waals surface area contributed by atoms with Gasteiger partial charge in [-0.2, -0.15) is 5.26 Å². The Morgan fingerprint density at radius 3 is 2.68 bits per heavy atom. The largest absolute Gasteiger partial charge is 0.383 e. The maximum atomic E-state index is 13.5. The summed E-state index contributed by atoms with van der Waals surface area (Å²) in [6.45, 7) is 3.70. The lowest BCUT2D eigenvalue weighted by Gasteiger charge is -2.10. The highest BCUT2D eigenvalue weighted by atomic mass is 19.1. The van der Waals surface area contributed by atoms with Crippen LogP contribution in [0.15, 0.2) is 18.2 Å². The van der Waals surface area contributed by atoms with Crippen LogP contribution in [0.3, 0.4) is 0 Å². The molecular formula is C14H13FN4. The van der Waals surface area contributed by atoms with Crippen molar-refractivity contribution < 1.29 is 4.39 Å². The molecule has 0 aliphatic rings. The first kappa shape index (κ1) is 13.0. The highest BCUT2D eigenvalue weighted by molar-refractivity contribution is 5.68. The molecule has 2 N–H and O–H groups in total. The quantitative estimate of drug-likeness (QED) is 0.896. The van der Waals surface area contributed by atoms with Gasteiger partial charge >= 0.3 is 0 Å². The lowest BCUT2D eigenvalue weighted by atomic mass is 10.0. The third-order valence-corrected chi connectivity index (χ3v) is 2.85. The van der Waals surface area contributed by atoms with Gasteiger partial charge in [-0.05, 0) is 25.1 Å². The average molecular weight is 256 g/mol. The van der Waals surface area contributed by atoms with Crippen molar-refractivity contribution in [3.63, 3.8) is 0 Å². The first-order chi connectivity index (χ1) is 9.05. The summed E-state index contributed by atoms with van der Waals surface area (Å²) in [4.78, 5) is 8.52. The van der Waals surface area contributed by atoms with E-state index in [2.05, 4.69) is 9.97 Å². The van der Waals surface area contributed by atoms with Gasteiger partial charge in [0.05, 0.1) is 17.3 Å². The molecule has 0 radical (unpaired) electrons. The Kier molecular flexibility index (Phi) is 3.43. The fraction of sp³-hybridized carbons (Fsp3) is 0.214. The molecule has 2 rings (SSSR count). The molecule has 0 amide bonds. The van der Waals surface area contributed by atoms with Crippen molar-refractivity contribution in [2.75, 3.05) is 5.73 Å². The summed E-state index contributed by atoms with van der Waals surface area (Å²) in [5.41, 5.74) is 7.88. The number of nitrogen functional groups attached to an aromatic ring is 1. The van der Waals surface area contributed by atoms with E-state index in [9.17, 15) is 4.39 Å². The maximum Gasteiger partial charge on any atom is 0.131 e. The van der Waals surface area contributed by atoms with Crippen molar-refractivity contribution in [1.29, 1.82) is 5.26 Å². The summed E-state index contributed by atoms with van der Waals surface area (Å²) < 4.78 is 13.5. The van der Waals surface area contributed by atoms with Gasteiger partial charge in [-0.15, -0.1) is 0 Å². The first-order valence-corrected chi connectivity index (χ1v) is 5.89. The number of hydrogen-bond donors (Lipinski definition) is 1. The molecule has 0 saturated heterocycles. The van der Waals surface area contributed by atoms with E-state index in [-0.39, 0.29) is 5.56 Å². The van der Waals surface area contributed by atoms with E-state index < -0.39 is 5.82 Å². The van der Waals surface area contributed by atoms with Gasteiger partial charge in [0.25, 0.3) is 0 Å². The number of aromatic nitrogens is 2. The molecule has 0 unspecified atom stereocenters. The number of hydrogen-bond acceptors (Lipinski definition) is 4. The molecule has 0 spiro atoms. The van der Waals surface area contributed by atoms with Crippen LogP contribution in [-0.4, -0.2) is 9.97 Å². The van der Waals surface area contributed by atoms with Gasteiger partial charge in [0, 0.05) is 17.5 Å². The van der Waals surface area contributed by atoms with Crippen LogP contribution in [0.25, 0.3) is 11.3 Å². The standard InChI is InChI=1S/C14H13FN4/c1-3-12-18-13(8(2)14(17)19-12)10-4-9(7-16)5-11(15)6-10/h4-6H,3H2,1-2H3,(H2,17,18,19). The van der Waals surface area contributed by atoms with E-state index in [0.717, 1.165) is 0 Å². The molecule has 4 nitrogen and oxygen atoms in total. The van der Waals surface area contributed by atoms with Gasteiger partial charge < -0.3 is 5.73 Å². The molecular weight excluding hydrogens is 243 g/mol. The molecule has 1 heterocycles. The zero-order chi connectivity index (χ0) is 14.0. The lowest BCUT2D eigenvalue weighted by Crippen LogP contribution is -2.04. The zero-order valence-electron chi connectivity index (χ0n) is 10.7. The van der Waals surface area contributed by atoms with Crippen LogP contribution >= 0.6 is 0 Å². The van der Waals surface area contributed by atoms with Crippen molar-refractivity contribution in [2.24, 2.45) is 0 Å². The van der Waals surface area contributed by atoms with Crippen LogP contribution in [0.1, 0.15) is 23.9 Å². The number of halogens is 1. The van der Waals surface area contributed by atoms with E-state index in [4.69, 9.17) is 11.0 Å². The molecule has 0 atom stereocenters. The summed E-state index contributed by atoms with van der Waals surface area (Å²) in [5.74, 6) is 0.508. The highest BCUT2D eigenvalue weighted by Gasteiger charge is 2.12. The monoisotopic (exact) mass is 256 g/mol. The summed E-state index contributed by atoms with van der Waals surface area (Å²) in [6.07, 6.45) is 0.637. The first-order valence-electron chi connectivity index (χ1n) is 5.89. The van der Waals surface area contributed by atoms with E-state index in [1.54, 1.807) is 13.0 Å². The van der Waals surface area contributed by atoms with Gasteiger partial charge in [0.15, 0.2) is 0 Å². The third kappa shape index (κ3) is 2.52. The predicted octanol–water partition coefficient (Wildman–Crippen LogP) is 2.61. The van der Waals surface area contributed by atoms with Crippen LogP contribution in [0.4, 0.5) is 10.2 Å². The average Bonchev–Trinajstić information content (AvgIpc) is 2.40. The SMILES string of the molecule is CCc1nc(N)c(C)c(-c2cc(F)cc(C#N)c2)n1. The smallest absolute Gasteiger partial charge is 0.131 e. The Morgan fingerprint density at radius 2 is 2.05 bits per heavy atom. The fourth-order valence-corrected chi connectivity index (χ4v) is 1.81. The molecule has 0 bridgehead atoms. The van der Waals surface area contributed by atoms with E-state index in [1.165, 1.54) is 12.1 Å². The molecule has 0 aliphatic carbocycles. The van der Waals surface area contributed by atoms with E-state index in [0.29, 0.717) is 34.9 Å². The normalized spacial score (nSPS) is 10.2. The molecule has 19 heavy (non-hydrogen) atoms. The second-order valence-corrected chi connectivity index (χ2v) is 4.19. The fourth-order valence-electron chi connectivity index (χ4n) is 1.81. The second-order valence-electron chi connectivity index (χ2n) is 4.19. The Labute approximate surface area is 110 Å². The van der Waals surface area contributed by atoms with Crippen LogP contribution in [0.5, 0.6) is 0 Å². The zero-order valence-corrected chi connectivity index (χ0v) is 10.7. The topological polar surface area (TPSA) is 75.6 Å². The number of rotatable bonds is 2. The lowest BCUT2D eigenvalue weighted by molar-refractivity contribution is 0.627. The van der Waals surface area contributed by atoms with Gasteiger partial charge in [0.2, 0.25) is 0 Å². The summed E-state index contributed by atoms with van der Waals surface area (Å²) >= 11 is 0. The van der Waals surface area contributed by atoms with Gasteiger partial charge in [-0.25, -0.2) is 14.4 Å². The van der Waals surface area contributed by atoms with Crippen LogP contribution in [0.2, 0.25) is 0 Å². The summed E-state index contributed by atoms with van der Waals surface area (Å²) in [7, 11) is 0. The Balaban J connectivity index is 2.68. The van der Waals surface area contributed by atoms with Gasteiger partial charge in [-0.1, -0.05) is 6.92 Å². The number of anilines is 1. The molecule has 96 valence electrons. The molecule has 0 fully saturated rings. The minimum atomic E-state index is -0.469. The van der Waals surface area contributed by atoms with Crippen LogP contribution < -0.4 is 5.73 Å². The highest BCUT2D eigenvalue weighted by Crippen LogP contribution is 2.26. The Bertz CT molecular complexity index is 674. The van der Waals surface area contributed by atoms with Crippen LogP contribution in [-0.2, 0) is 6.42 Å². The van der Waals surface area contributed by atoms with Gasteiger partial charge in [-0.3, -0.25) is 0 Å². The Hall–Kier alpha value is -2.48. The summed E-state index contributed by atoms with van der Waals surface area (Å²) in [5, 5.41) is 8.88. The van der Waals surface area contributed by atoms with Crippen LogP contribution in [0, 0.1) is 24.1 Å². The third-order valence-electron chi connectivity index (χ3n) is 2.85. The number of benzene rings is 1. The molecule has 1 aromatic carbocycles. The molecule has 0 aliphatic heterocycles. The maximum absolute atomic E-state index is 13.5. The van der Waals surface area contributed by atoms with Crippen molar-refractivity contribution in [3.8, 4) is 17.3 Å². The number of aryl methyl sites for hydroxylation is 1. The number of nitrogens with zero attached hydrogens (tertiary/aromatic N) is 3. The molecule has 2 aromatic rings. The van der Waals surface area contributed by atoms with Crippen molar-refractivity contribution in [2.45, 2.75) is 20.3 Å². The van der Waals surface area contributed by atoms with Crippen molar-refractivity contribution in [3.05, 3.63) is 41.0 Å². The molecule has 5 heteroatoms. The Morgan fingerprint density at radius 1 is 1.32 bits per heavy atom.